The maximum Gasteiger partial charge on any atom is 0.147 e. The lowest BCUT2D eigenvalue weighted by molar-refractivity contribution is -0.214. The Labute approximate surface area is 188 Å². The van der Waals surface area contributed by atoms with Crippen LogP contribution in [-0.4, -0.2) is 67.3 Å². The maximum atomic E-state index is 10.3. The van der Waals surface area contributed by atoms with Crippen molar-refractivity contribution in [1.82, 2.24) is 9.78 Å². The van der Waals surface area contributed by atoms with Crippen molar-refractivity contribution in [3.63, 3.8) is 0 Å². The summed E-state index contributed by atoms with van der Waals surface area (Å²) >= 11 is 3.49. The lowest BCUT2D eigenvalue weighted by atomic mass is 9.95. The lowest BCUT2D eigenvalue weighted by Crippen LogP contribution is -2.58. The predicted molar refractivity (Wildman–Crippen MR) is 118 cm³/mol. The van der Waals surface area contributed by atoms with Crippen LogP contribution in [0.15, 0.2) is 47.1 Å². The minimum absolute atomic E-state index is 0.492. The molecule has 1 aliphatic rings. The van der Waals surface area contributed by atoms with Gasteiger partial charge in [-0.2, -0.15) is 5.10 Å². The Kier molecular flexibility index (Phi) is 6.44. The first kappa shape index (κ1) is 22.0. The molecule has 31 heavy (non-hydrogen) atoms. The highest BCUT2D eigenvalue weighted by Gasteiger charge is 2.42. The molecule has 1 fully saturated rings. The highest BCUT2D eigenvalue weighted by molar-refractivity contribution is 9.10. The van der Waals surface area contributed by atoms with Crippen LogP contribution in [0.4, 0.5) is 0 Å². The quantitative estimate of drug-likeness (QED) is 0.416. The first-order chi connectivity index (χ1) is 14.9. The summed E-state index contributed by atoms with van der Waals surface area (Å²) in [4.78, 5) is 0. The normalized spacial score (nSPS) is 25.9. The van der Waals surface area contributed by atoms with E-state index < -0.39 is 37.1 Å². The molecule has 5 atom stereocenters. The van der Waals surface area contributed by atoms with E-state index in [0.717, 1.165) is 20.9 Å². The van der Waals surface area contributed by atoms with Crippen LogP contribution in [0.3, 0.4) is 0 Å². The summed E-state index contributed by atoms with van der Waals surface area (Å²) in [5, 5.41) is 45.0. The Morgan fingerprint density at radius 3 is 2.55 bits per heavy atom. The van der Waals surface area contributed by atoms with E-state index in [1.807, 2.05) is 23.7 Å². The Balaban J connectivity index is 1.69. The van der Waals surface area contributed by atoms with E-state index in [1.54, 1.807) is 6.20 Å². The average Bonchev–Trinajstić information content (AvgIpc) is 3.15. The zero-order chi connectivity index (χ0) is 22.1. The summed E-state index contributed by atoms with van der Waals surface area (Å²) in [6.07, 6.45) is -4.55. The third-order valence-corrected chi connectivity index (χ3v) is 5.85. The highest BCUT2D eigenvalue weighted by atomic mass is 79.9. The summed E-state index contributed by atoms with van der Waals surface area (Å²) in [7, 11) is 0. The fraction of sp³-hybridized carbons (Fsp3) is 0.348. The fourth-order valence-electron chi connectivity index (χ4n) is 3.65. The molecule has 7 nitrogen and oxygen atoms in total. The molecule has 0 aliphatic carbocycles. The summed E-state index contributed by atoms with van der Waals surface area (Å²) in [5.41, 5.74) is 3.79. The van der Waals surface area contributed by atoms with Gasteiger partial charge in [0.15, 0.2) is 0 Å². The summed E-state index contributed by atoms with van der Waals surface area (Å²) in [6.45, 7) is 2.12. The molecule has 0 bridgehead atoms. The topological polar surface area (TPSA) is 108 Å². The number of rotatable bonds is 3. The van der Waals surface area contributed by atoms with Crippen LogP contribution in [0.1, 0.15) is 16.7 Å². The van der Waals surface area contributed by atoms with Crippen molar-refractivity contribution >= 4 is 26.8 Å². The second-order valence-electron chi connectivity index (χ2n) is 7.70. The number of aliphatic hydroxyl groups excluding tert-OH is 4. The van der Waals surface area contributed by atoms with Gasteiger partial charge in [-0.1, -0.05) is 57.6 Å². The molecule has 4 rings (SSSR count). The lowest BCUT2D eigenvalue weighted by Gasteiger charge is -2.37. The molecule has 2 aromatic carbocycles. The van der Waals surface area contributed by atoms with E-state index in [1.165, 1.54) is 5.56 Å². The number of fused-ring (bicyclic) bond motifs is 1. The summed E-state index contributed by atoms with van der Waals surface area (Å²) in [6, 6.07) is 12.0. The maximum absolute atomic E-state index is 10.3. The molecule has 3 aromatic rings. The van der Waals surface area contributed by atoms with Gasteiger partial charge < -0.3 is 25.2 Å². The molecule has 0 radical (unpaired) electrons. The molecular formula is C23H23BrN2O5. The van der Waals surface area contributed by atoms with Crippen LogP contribution >= 0.6 is 15.9 Å². The van der Waals surface area contributed by atoms with Gasteiger partial charge in [0.1, 0.15) is 30.5 Å². The van der Waals surface area contributed by atoms with E-state index in [9.17, 15) is 20.4 Å². The summed E-state index contributed by atoms with van der Waals surface area (Å²) < 4.78 is 8.19. The zero-order valence-corrected chi connectivity index (χ0v) is 18.4. The van der Waals surface area contributed by atoms with E-state index in [4.69, 9.17) is 4.74 Å². The van der Waals surface area contributed by atoms with Gasteiger partial charge in [-0.3, -0.25) is 4.68 Å². The van der Waals surface area contributed by atoms with Crippen LogP contribution < -0.4 is 0 Å². The number of hydrogen-bond acceptors (Lipinski definition) is 6. The number of nitrogens with zero attached hydrogens (tertiary/aromatic N) is 2. The van der Waals surface area contributed by atoms with Crippen molar-refractivity contribution in [3.8, 4) is 11.8 Å². The van der Waals surface area contributed by atoms with Crippen LogP contribution in [0.25, 0.3) is 10.9 Å². The number of aliphatic hydroxyl groups is 4. The second-order valence-corrected chi connectivity index (χ2v) is 8.61. The number of aryl methyl sites for hydroxylation is 1. The molecule has 0 unspecified atom stereocenters. The first-order valence-corrected chi connectivity index (χ1v) is 10.7. The SMILES string of the molecule is Cc1ccc(Cn2ncc3cc(Br)cc(C#C[C@H]4O[C@H](CO)[C@@H](O)[C@H](O)[C@@H]4O)c32)cc1. The van der Waals surface area contributed by atoms with Crippen LogP contribution in [-0.2, 0) is 11.3 Å². The molecule has 8 heteroatoms. The van der Waals surface area contributed by atoms with E-state index in [0.29, 0.717) is 12.1 Å². The minimum Gasteiger partial charge on any atom is -0.394 e. The van der Waals surface area contributed by atoms with E-state index in [-0.39, 0.29) is 0 Å². The van der Waals surface area contributed by atoms with Gasteiger partial charge in [-0.05, 0) is 24.6 Å². The molecule has 0 spiro atoms. The second kappa shape index (κ2) is 9.09. The fourth-order valence-corrected chi connectivity index (χ4v) is 4.12. The van der Waals surface area contributed by atoms with Crippen LogP contribution in [0, 0.1) is 18.8 Å². The van der Waals surface area contributed by atoms with Gasteiger partial charge in [-0.25, -0.2) is 0 Å². The van der Waals surface area contributed by atoms with Crippen LogP contribution in [0.5, 0.6) is 0 Å². The van der Waals surface area contributed by atoms with Crippen molar-refractivity contribution in [2.24, 2.45) is 0 Å². The Morgan fingerprint density at radius 2 is 1.84 bits per heavy atom. The third kappa shape index (κ3) is 4.53. The van der Waals surface area contributed by atoms with Crippen molar-refractivity contribution in [3.05, 3.63) is 63.8 Å². The number of ether oxygens (including phenoxy) is 1. The Morgan fingerprint density at radius 1 is 1.10 bits per heavy atom. The van der Waals surface area contributed by atoms with E-state index >= 15 is 0 Å². The zero-order valence-electron chi connectivity index (χ0n) is 16.8. The first-order valence-electron chi connectivity index (χ1n) is 9.90. The monoisotopic (exact) mass is 486 g/mol. The van der Waals surface area contributed by atoms with E-state index in [2.05, 4.69) is 57.1 Å². The van der Waals surface area contributed by atoms with Crippen molar-refractivity contribution in [2.75, 3.05) is 6.61 Å². The van der Waals surface area contributed by atoms with Gasteiger partial charge in [0.2, 0.25) is 0 Å². The molecule has 1 aliphatic heterocycles. The summed E-state index contributed by atoms with van der Waals surface area (Å²) in [5.74, 6) is 5.87. The average molecular weight is 487 g/mol. The Bertz CT molecular complexity index is 1130. The van der Waals surface area contributed by atoms with Gasteiger partial charge in [-0.15, -0.1) is 0 Å². The minimum atomic E-state index is -1.46. The molecule has 4 N–H and O–H groups in total. The molecule has 0 amide bonds. The Hall–Kier alpha value is -2.25. The van der Waals surface area contributed by atoms with Crippen molar-refractivity contribution in [2.45, 2.75) is 44.0 Å². The molecule has 0 saturated carbocycles. The highest BCUT2D eigenvalue weighted by Crippen LogP contribution is 2.26. The smallest absolute Gasteiger partial charge is 0.147 e. The largest absolute Gasteiger partial charge is 0.394 e. The van der Waals surface area contributed by atoms with Crippen molar-refractivity contribution in [1.29, 1.82) is 0 Å². The number of halogens is 1. The molecule has 2 heterocycles. The number of benzene rings is 2. The molecule has 162 valence electrons. The standard InChI is InChI=1S/C23H23BrN2O5/c1-13-2-4-14(5-3-13)11-26-20-15(8-17(24)9-16(20)10-25-26)6-7-18-21(28)23(30)22(29)19(12-27)31-18/h2-5,8-10,18-19,21-23,27-30H,11-12H2,1H3/t18-,19-,21-,22-,23-/m1/s1. The third-order valence-electron chi connectivity index (χ3n) is 5.39. The van der Waals surface area contributed by atoms with Gasteiger partial charge in [0.25, 0.3) is 0 Å². The van der Waals surface area contributed by atoms with Gasteiger partial charge in [0.05, 0.1) is 30.4 Å². The van der Waals surface area contributed by atoms with Crippen LogP contribution in [0.2, 0.25) is 0 Å². The van der Waals surface area contributed by atoms with Crippen molar-refractivity contribution < 1.29 is 25.2 Å². The molecular weight excluding hydrogens is 464 g/mol. The molecule has 1 saturated heterocycles. The predicted octanol–water partition coefficient (Wildman–Crippen LogP) is 1.35. The van der Waals surface area contributed by atoms with Gasteiger partial charge >= 0.3 is 0 Å². The number of hydrogen-bond donors (Lipinski definition) is 4. The number of aromatic nitrogens is 2. The molecule has 1 aromatic heterocycles. The van der Waals surface area contributed by atoms with Gasteiger partial charge in [0, 0.05) is 9.86 Å².